The Balaban J connectivity index is 0.000000148. The van der Waals surface area contributed by atoms with Crippen LogP contribution in [0.5, 0.6) is 0 Å². The molecule has 0 aromatic heterocycles. The van der Waals surface area contributed by atoms with E-state index in [9.17, 15) is 4.79 Å². The molecule has 0 aromatic rings. The molecule has 1 amide bonds. The first-order chi connectivity index (χ1) is 8.09. The van der Waals surface area contributed by atoms with Gasteiger partial charge in [0.25, 0.3) is 0 Å². The van der Waals surface area contributed by atoms with Gasteiger partial charge >= 0.3 is 0 Å². The predicted molar refractivity (Wildman–Crippen MR) is 69.7 cm³/mol. The van der Waals surface area contributed by atoms with Crippen molar-refractivity contribution in [2.75, 3.05) is 13.1 Å². The first-order valence-corrected chi connectivity index (χ1v) is 6.19. The van der Waals surface area contributed by atoms with Crippen LogP contribution in [0.4, 0.5) is 0 Å². The topological polar surface area (TPSA) is 32.3 Å². The van der Waals surface area contributed by atoms with Crippen LogP contribution in [-0.4, -0.2) is 36.0 Å². The number of fused-ring (bicyclic) bond motifs is 1. The summed E-state index contributed by atoms with van der Waals surface area (Å²) in [6.45, 7) is 7.63. The van der Waals surface area contributed by atoms with Gasteiger partial charge < -0.3 is 10.2 Å². The number of benzene rings is 1. The number of nitrogens with one attached hydrogen (secondary N) is 1. The summed E-state index contributed by atoms with van der Waals surface area (Å²) in [5, 5.41) is 3.28. The molecule has 17 heavy (non-hydrogen) atoms. The average molecular weight is 232 g/mol. The normalized spacial score (nSPS) is 24.8. The smallest absolute Gasteiger partial charge is 0.220 e. The summed E-state index contributed by atoms with van der Waals surface area (Å²) < 4.78 is 0. The van der Waals surface area contributed by atoms with E-state index in [0.717, 1.165) is 13.1 Å². The zero-order valence-corrected chi connectivity index (χ0v) is 10.7. The Morgan fingerprint density at radius 1 is 1.12 bits per heavy atom. The zero-order chi connectivity index (χ0) is 12.4. The first-order valence-electron chi connectivity index (χ1n) is 6.19. The summed E-state index contributed by atoms with van der Waals surface area (Å²) in [6.07, 6.45) is 0. The second-order valence-corrected chi connectivity index (χ2v) is 4.86. The van der Waals surface area contributed by atoms with Crippen molar-refractivity contribution in [3.63, 3.8) is 0 Å². The van der Waals surface area contributed by atoms with E-state index in [2.05, 4.69) is 43.4 Å². The van der Waals surface area contributed by atoms with Gasteiger partial charge in [-0.2, -0.15) is 0 Å². The van der Waals surface area contributed by atoms with Crippen LogP contribution in [-0.2, 0) is 4.79 Å². The van der Waals surface area contributed by atoms with E-state index in [4.69, 9.17) is 0 Å². The molecule has 1 saturated heterocycles. The molecular formula is C14H20N2O. The van der Waals surface area contributed by atoms with E-state index in [0.29, 0.717) is 12.1 Å². The summed E-state index contributed by atoms with van der Waals surface area (Å²) in [7, 11) is 0. The second kappa shape index (κ2) is 4.88. The third kappa shape index (κ3) is 2.50. The quantitative estimate of drug-likeness (QED) is 0.752. The molecule has 1 fully saturated rings. The van der Waals surface area contributed by atoms with Crippen molar-refractivity contribution in [3.8, 4) is 11.1 Å². The molecule has 1 aliphatic heterocycles. The van der Waals surface area contributed by atoms with Gasteiger partial charge in [0.05, 0.1) is 0 Å². The van der Waals surface area contributed by atoms with Crippen LogP contribution in [0.1, 0.15) is 20.8 Å². The van der Waals surface area contributed by atoms with Gasteiger partial charge in [-0.3, -0.25) is 4.79 Å². The number of carbonyl (C=O) groups is 1. The number of hydrogen-bond donors (Lipinski definition) is 1. The third-order valence-corrected chi connectivity index (χ3v) is 3.41. The Bertz CT molecular complexity index is 368. The van der Waals surface area contributed by atoms with Crippen LogP contribution in [0.15, 0.2) is 24.3 Å². The summed E-state index contributed by atoms with van der Waals surface area (Å²) in [5.74, 6) is 0.187. The Kier molecular flexibility index (Phi) is 3.48. The lowest BCUT2D eigenvalue weighted by Crippen LogP contribution is -2.56. The molecule has 0 aromatic carbocycles. The maximum atomic E-state index is 11.1. The zero-order valence-electron chi connectivity index (χ0n) is 10.7. The summed E-state index contributed by atoms with van der Waals surface area (Å²) in [5.41, 5.74) is 2.85. The molecule has 0 spiro atoms. The highest BCUT2D eigenvalue weighted by atomic mass is 16.2. The summed E-state index contributed by atoms with van der Waals surface area (Å²) in [4.78, 5) is 13.1. The van der Waals surface area contributed by atoms with E-state index < -0.39 is 0 Å². The molecule has 3 rings (SSSR count). The molecule has 1 N–H and O–H groups in total. The fourth-order valence-corrected chi connectivity index (χ4v) is 2.42. The average Bonchev–Trinajstić information content (AvgIpc) is 2.23. The molecule has 3 heteroatoms. The van der Waals surface area contributed by atoms with Gasteiger partial charge in [0.15, 0.2) is 0 Å². The van der Waals surface area contributed by atoms with Gasteiger partial charge in [-0.1, -0.05) is 24.3 Å². The highest BCUT2D eigenvalue weighted by molar-refractivity contribution is 5.75. The van der Waals surface area contributed by atoms with Gasteiger partial charge in [0.2, 0.25) is 5.91 Å². The van der Waals surface area contributed by atoms with Crippen LogP contribution in [0.3, 0.4) is 0 Å². The lowest BCUT2D eigenvalue weighted by Gasteiger charge is -2.38. The molecule has 0 saturated carbocycles. The molecule has 2 aliphatic carbocycles. The van der Waals surface area contributed by atoms with E-state index in [1.807, 2.05) is 4.90 Å². The Morgan fingerprint density at radius 3 is 1.71 bits per heavy atom. The van der Waals surface area contributed by atoms with Crippen LogP contribution >= 0.6 is 0 Å². The minimum absolute atomic E-state index is 0.187. The van der Waals surface area contributed by atoms with Crippen molar-refractivity contribution in [1.29, 1.82) is 0 Å². The number of piperazine rings is 1. The third-order valence-electron chi connectivity index (χ3n) is 3.41. The highest BCUT2D eigenvalue weighted by Gasteiger charge is 2.25. The van der Waals surface area contributed by atoms with Crippen molar-refractivity contribution >= 4 is 5.91 Å². The Labute approximate surface area is 103 Å². The van der Waals surface area contributed by atoms with E-state index in [-0.39, 0.29) is 5.91 Å². The van der Waals surface area contributed by atoms with Gasteiger partial charge in [0.1, 0.15) is 0 Å². The minimum atomic E-state index is 0.187. The highest BCUT2D eigenvalue weighted by Crippen LogP contribution is 2.29. The summed E-state index contributed by atoms with van der Waals surface area (Å²) in [6, 6.07) is 9.17. The molecule has 0 radical (unpaired) electrons. The van der Waals surface area contributed by atoms with Gasteiger partial charge in [-0.15, -0.1) is 0 Å². The van der Waals surface area contributed by atoms with Crippen molar-refractivity contribution < 1.29 is 4.79 Å². The second-order valence-electron chi connectivity index (χ2n) is 4.86. The van der Waals surface area contributed by atoms with Crippen molar-refractivity contribution in [2.24, 2.45) is 0 Å². The largest absolute Gasteiger partial charge is 0.335 e. The molecule has 0 bridgehead atoms. The Hall–Kier alpha value is -1.35. The molecule has 1 heterocycles. The first kappa shape index (κ1) is 12.1. The maximum Gasteiger partial charge on any atom is 0.220 e. The Morgan fingerprint density at radius 2 is 1.53 bits per heavy atom. The molecule has 3 nitrogen and oxygen atoms in total. The maximum absolute atomic E-state index is 11.1. The van der Waals surface area contributed by atoms with Crippen LogP contribution in [0.25, 0.3) is 11.1 Å². The molecular weight excluding hydrogens is 212 g/mol. The minimum Gasteiger partial charge on any atom is -0.335 e. The van der Waals surface area contributed by atoms with Crippen LogP contribution in [0.2, 0.25) is 0 Å². The van der Waals surface area contributed by atoms with Gasteiger partial charge in [-0.25, -0.2) is 0 Å². The molecule has 3 aliphatic rings. The van der Waals surface area contributed by atoms with E-state index >= 15 is 0 Å². The van der Waals surface area contributed by atoms with E-state index in [1.54, 1.807) is 6.92 Å². The number of rotatable bonds is 0. The molecule has 2 unspecified atom stereocenters. The number of carbonyl (C=O) groups excluding carboxylic acids is 1. The standard InChI is InChI=1S/C8H16N2O.C6H4/c1-6-4-9-5-7(2)10(6)8(3)11;1-2-6-4-3-5(1)6/h6-7,9H,4-5H2,1-3H3;1-4H. The number of nitrogens with zero attached hydrogens (tertiary/aromatic N) is 1. The van der Waals surface area contributed by atoms with Crippen molar-refractivity contribution in [1.82, 2.24) is 10.2 Å². The van der Waals surface area contributed by atoms with Crippen LogP contribution < -0.4 is 5.32 Å². The molecule has 2 atom stereocenters. The van der Waals surface area contributed by atoms with Crippen molar-refractivity contribution in [2.45, 2.75) is 32.9 Å². The number of amides is 1. The fraction of sp³-hybridized carbons (Fsp3) is 0.500. The van der Waals surface area contributed by atoms with Gasteiger partial charge in [0, 0.05) is 32.1 Å². The number of hydrogen-bond acceptors (Lipinski definition) is 2. The van der Waals surface area contributed by atoms with Crippen LogP contribution in [0, 0.1) is 0 Å². The van der Waals surface area contributed by atoms with E-state index in [1.165, 1.54) is 11.1 Å². The van der Waals surface area contributed by atoms with Crippen molar-refractivity contribution in [3.05, 3.63) is 24.3 Å². The SMILES string of the molecule is CC(=O)N1C(C)CNCC1C.c1cc2ccc1-2. The summed E-state index contributed by atoms with van der Waals surface area (Å²) >= 11 is 0. The monoisotopic (exact) mass is 232 g/mol. The fourth-order valence-electron chi connectivity index (χ4n) is 2.42. The lowest BCUT2D eigenvalue weighted by molar-refractivity contribution is -0.134. The lowest BCUT2D eigenvalue weighted by atomic mass is 9.95. The predicted octanol–water partition coefficient (Wildman–Crippen LogP) is 1.88. The van der Waals surface area contributed by atoms with Gasteiger partial charge in [-0.05, 0) is 25.0 Å². The molecule has 92 valence electrons.